The number of benzene rings is 1. The number of carbonyl (C=O) groups is 1. The van der Waals surface area contributed by atoms with Gasteiger partial charge < -0.3 is 11.1 Å². The molecule has 0 radical (unpaired) electrons. The van der Waals surface area contributed by atoms with Crippen LogP contribution in [0, 0.1) is 6.92 Å². The van der Waals surface area contributed by atoms with E-state index >= 15 is 0 Å². The molecule has 1 aliphatic rings. The van der Waals surface area contributed by atoms with Gasteiger partial charge in [-0.3, -0.25) is 4.79 Å². The number of nitrogens with two attached hydrogens (primary N) is 1. The van der Waals surface area contributed by atoms with Gasteiger partial charge in [0.25, 0.3) is 0 Å². The van der Waals surface area contributed by atoms with E-state index in [-0.39, 0.29) is 11.3 Å². The van der Waals surface area contributed by atoms with Gasteiger partial charge in [-0.2, -0.15) is 0 Å². The quantitative estimate of drug-likeness (QED) is 0.894. The first-order valence-electron chi connectivity index (χ1n) is 7.98. The number of nitrogens with one attached hydrogen (secondary N) is 1. The molecule has 0 unspecified atom stereocenters. The molecule has 0 saturated heterocycles. The standard InChI is InChI=1S/C18H28N2O/c1-14-7-9-15(10-8-14)17(2,3)13-20-16(21)18(19)11-5-4-6-12-18/h7-10H,4-6,11-13,19H2,1-3H3,(H,20,21). The highest BCUT2D eigenvalue weighted by atomic mass is 16.2. The minimum Gasteiger partial charge on any atom is -0.354 e. The average Bonchev–Trinajstić information content (AvgIpc) is 2.46. The highest BCUT2D eigenvalue weighted by Crippen LogP contribution is 2.27. The molecule has 1 amide bonds. The molecule has 0 spiro atoms. The monoisotopic (exact) mass is 288 g/mol. The van der Waals surface area contributed by atoms with E-state index in [1.165, 1.54) is 17.5 Å². The first-order valence-corrected chi connectivity index (χ1v) is 7.98. The van der Waals surface area contributed by atoms with Crippen LogP contribution in [-0.4, -0.2) is 18.0 Å². The lowest BCUT2D eigenvalue weighted by molar-refractivity contribution is -0.127. The summed E-state index contributed by atoms with van der Waals surface area (Å²) in [4.78, 5) is 12.4. The fraction of sp³-hybridized carbons (Fsp3) is 0.611. The van der Waals surface area contributed by atoms with Crippen LogP contribution in [0.5, 0.6) is 0 Å². The van der Waals surface area contributed by atoms with Crippen LogP contribution < -0.4 is 11.1 Å². The summed E-state index contributed by atoms with van der Waals surface area (Å²) < 4.78 is 0. The summed E-state index contributed by atoms with van der Waals surface area (Å²) in [5.41, 5.74) is 8.03. The van der Waals surface area contributed by atoms with Crippen molar-refractivity contribution in [1.29, 1.82) is 0 Å². The zero-order valence-electron chi connectivity index (χ0n) is 13.5. The Morgan fingerprint density at radius 3 is 2.33 bits per heavy atom. The van der Waals surface area contributed by atoms with E-state index in [4.69, 9.17) is 5.73 Å². The number of hydrogen-bond donors (Lipinski definition) is 2. The van der Waals surface area contributed by atoms with Crippen molar-refractivity contribution in [3.63, 3.8) is 0 Å². The van der Waals surface area contributed by atoms with Crippen molar-refractivity contribution in [2.75, 3.05) is 6.54 Å². The molecule has 1 aromatic carbocycles. The van der Waals surface area contributed by atoms with Gasteiger partial charge in [0.2, 0.25) is 5.91 Å². The molecule has 0 heterocycles. The third kappa shape index (κ3) is 3.85. The molecule has 0 bridgehead atoms. The van der Waals surface area contributed by atoms with Crippen LogP contribution in [0.3, 0.4) is 0 Å². The smallest absolute Gasteiger partial charge is 0.240 e. The summed E-state index contributed by atoms with van der Waals surface area (Å²) in [5.74, 6) is 0.0161. The Morgan fingerprint density at radius 2 is 1.76 bits per heavy atom. The Balaban J connectivity index is 1.97. The highest BCUT2D eigenvalue weighted by Gasteiger charge is 2.36. The summed E-state index contributed by atoms with van der Waals surface area (Å²) in [6.07, 6.45) is 4.94. The number of hydrogen-bond acceptors (Lipinski definition) is 2. The van der Waals surface area contributed by atoms with Gasteiger partial charge in [0, 0.05) is 12.0 Å². The van der Waals surface area contributed by atoms with Gasteiger partial charge in [0.15, 0.2) is 0 Å². The second-order valence-corrected chi connectivity index (χ2v) is 7.15. The summed E-state index contributed by atoms with van der Waals surface area (Å²) in [7, 11) is 0. The van der Waals surface area contributed by atoms with Gasteiger partial charge in [-0.25, -0.2) is 0 Å². The first-order chi connectivity index (χ1) is 9.83. The Bertz CT molecular complexity index is 484. The normalized spacial score (nSPS) is 18.3. The van der Waals surface area contributed by atoms with Crippen LogP contribution in [0.2, 0.25) is 0 Å². The molecule has 3 nitrogen and oxygen atoms in total. The number of carbonyl (C=O) groups excluding carboxylic acids is 1. The summed E-state index contributed by atoms with van der Waals surface area (Å²) >= 11 is 0. The maximum atomic E-state index is 12.4. The zero-order chi connectivity index (χ0) is 15.5. The largest absolute Gasteiger partial charge is 0.354 e. The van der Waals surface area contributed by atoms with E-state index in [0.717, 1.165) is 25.7 Å². The number of aryl methyl sites for hydroxylation is 1. The van der Waals surface area contributed by atoms with E-state index in [1.54, 1.807) is 0 Å². The van der Waals surface area contributed by atoms with Crippen molar-refractivity contribution in [2.24, 2.45) is 5.73 Å². The number of rotatable bonds is 4. The van der Waals surface area contributed by atoms with Gasteiger partial charge in [0.1, 0.15) is 0 Å². The second kappa shape index (κ2) is 6.18. The van der Waals surface area contributed by atoms with Crippen LogP contribution in [0.1, 0.15) is 57.1 Å². The molecule has 3 heteroatoms. The molecule has 116 valence electrons. The van der Waals surface area contributed by atoms with Crippen molar-refractivity contribution in [2.45, 2.75) is 63.8 Å². The summed E-state index contributed by atoms with van der Waals surface area (Å²) in [6.45, 7) is 7.01. The predicted molar refractivity (Wildman–Crippen MR) is 87.2 cm³/mol. The highest BCUT2D eigenvalue weighted by molar-refractivity contribution is 5.86. The van der Waals surface area contributed by atoms with Crippen LogP contribution in [0.15, 0.2) is 24.3 Å². The van der Waals surface area contributed by atoms with Crippen LogP contribution >= 0.6 is 0 Å². The fourth-order valence-corrected chi connectivity index (χ4v) is 2.99. The van der Waals surface area contributed by atoms with Crippen molar-refractivity contribution in [1.82, 2.24) is 5.32 Å². The van der Waals surface area contributed by atoms with Crippen LogP contribution in [-0.2, 0) is 10.2 Å². The van der Waals surface area contributed by atoms with E-state index < -0.39 is 5.54 Å². The minimum absolute atomic E-state index is 0.0161. The van der Waals surface area contributed by atoms with E-state index in [9.17, 15) is 4.79 Å². The Hall–Kier alpha value is -1.35. The molecule has 1 fully saturated rings. The van der Waals surface area contributed by atoms with Crippen molar-refractivity contribution < 1.29 is 4.79 Å². The summed E-state index contributed by atoms with van der Waals surface area (Å²) in [5, 5.41) is 3.08. The van der Waals surface area contributed by atoms with Crippen LogP contribution in [0.4, 0.5) is 0 Å². The molecular weight excluding hydrogens is 260 g/mol. The Morgan fingerprint density at radius 1 is 1.19 bits per heavy atom. The molecule has 2 rings (SSSR count). The maximum absolute atomic E-state index is 12.4. The average molecular weight is 288 g/mol. The molecule has 1 saturated carbocycles. The van der Waals surface area contributed by atoms with Crippen LogP contribution in [0.25, 0.3) is 0 Å². The minimum atomic E-state index is -0.651. The molecule has 0 aromatic heterocycles. The van der Waals surface area contributed by atoms with Crippen molar-refractivity contribution in [3.8, 4) is 0 Å². The third-order valence-corrected chi connectivity index (χ3v) is 4.72. The molecular formula is C18H28N2O. The number of amides is 1. The SMILES string of the molecule is Cc1ccc(C(C)(C)CNC(=O)C2(N)CCCCC2)cc1. The van der Waals surface area contributed by atoms with Gasteiger partial charge in [-0.1, -0.05) is 62.9 Å². The van der Waals surface area contributed by atoms with Crippen molar-refractivity contribution in [3.05, 3.63) is 35.4 Å². The topological polar surface area (TPSA) is 55.1 Å². The van der Waals surface area contributed by atoms with Gasteiger partial charge in [-0.15, -0.1) is 0 Å². The van der Waals surface area contributed by atoms with E-state index in [0.29, 0.717) is 6.54 Å². The Kier molecular flexibility index (Phi) is 4.72. The third-order valence-electron chi connectivity index (χ3n) is 4.72. The van der Waals surface area contributed by atoms with Gasteiger partial charge in [0.05, 0.1) is 5.54 Å². The first kappa shape index (κ1) is 16.0. The van der Waals surface area contributed by atoms with Gasteiger partial charge in [-0.05, 0) is 25.3 Å². The molecule has 0 atom stereocenters. The van der Waals surface area contributed by atoms with E-state index in [2.05, 4.69) is 50.4 Å². The predicted octanol–water partition coefficient (Wildman–Crippen LogP) is 3.05. The second-order valence-electron chi connectivity index (χ2n) is 7.15. The lowest BCUT2D eigenvalue weighted by Crippen LogP contribution is -2.56. The molecule has 0 aliphatic heterocycles. The van der Waals surface area contributed by atoms with Crippen molar-refractivity contribution >= 4 is 5.91 Å². The van der Waals surface area contributed by atoms with Gasteiger partial charge >= 0.3 is 0 Å². The Labute approximate surface area is 128 Å². The lowest BCUT2D eigenvalue weighted by Gasteiger charge is -2.34. The van der Waals surface area contributed by atoms with E-state index in [1.807, 2.05) is 0 Å². The zero-order valence-corrected chi connectivity index (χ0v) is 13.5. The molecule has 21 heavy (non-hydrogen) atoms. The fourth-order valence-electron chi connectivity index (χ4n) is 2.99. The maximum Gasteiger partial charge on any atom is 0.240 e. The molecule has 1 aromatic rings. The summed E-state index contributed by atoms with van der Waals surface area (Å²) in [6, 6.07) is 8.51. The molecule has 1 aliphatic carbocycles. The molecule has 3 N–H and O–H groups in total. The lowest BCUT2D eigenvalue weighted by atomic mass is 9.80.